The molecule has 1 heterocycles. The average molecular weight is 236 g/mol. The summed E-state index contributed by atoms with van der Waals surface area (Å²) in [6, 6.07) is 8.74. The van der Waals surface area contributed by atoms with Gasteiger partial charge < -0.3 is 9.84 Å². The Morgan fingerprint density at radius 1 is 1.25 bits per heavy atom. The Kier molecular flexibility index (Phi) is 2.97. The highest BCUT2D eigenvalue weighted by molar-refractivity contribution is 6.30. The van der Waals surface area contributed by atoms with Gasteiger partial charge in [-0.05, 0) is 24.3 Å². The number of aromatic hydroxyl groups is 1. The van der Waals surface area contributed by atoms with Crippen LogP contribution in [-0.4, -0.2) is 17.2 Å². The van der Waals surface area contributed by atoms with Gasteiger partial charge >= 0.3 is 0 Å². The molecule has 16 heavy (non-hydrogen) atoms. The van der Waals surface area contributed by atoms with Crippen LogP contribution in [0.2, 0.25) is 5.02 Å². The average Bonchev–Trinajstić information content (AvgIpc) is 2.29. The number of pyridine rings is 1. The molecular formula is C12H10ClNO2. The highest BCUT2D eigenvalue weighted by atomic mass is 35.5. The second-order valence-electron chi connectivity index (χ2n) is 3.25. The van der Waals surface area contributed by atoms with Crippen molar-refractivity contribution in [3.8, 4) is 22.8 Å². The van der Waals surface area contributed by atoms with Crippen LogP contribution in [0.3, 0.4) is 0 Å². The molecule has 0 amide bonds. The molecule has 0 atom stereocenters. The normalized spacial score (nSPS) is 10.1. The molecule has 0 saturated carbocycles. The summed E-state index contributed by atoms with van der Waals surface area (Å²) in [5.74, 6) is 0.829. The molecule has 0 spiro atoms. The minimum Gasteiger partial charge on any atom is -0.506 e. The van der Waals surface area contributed by atoms with E-state index in [1.807, 2.05) is 24.3 Å². The second kappa shape index (κ2) is 4.41. The van der Waals surface area contributed by atoms with Crippen LogP contribution in [0.4, 0.5) is 0 Å². The zero-order valence-corrected chi connectivity index (χ0v) is 9.40. The summed E-state index contributed by atoms with van der Waals surface area (Å²) in [7, 11) is 1.60. The van der Waals surface area contributed by atoms with Gasteiger partial charge in [0, 0.05) is 17.8 Å². The smallest absolute Gasteiger partial charge is 0.143 e. The van der Waals surface area contributed by atoms with Gasteiger partial charge in [-0.15, -0.1) is 0 Å². The van der Waals surface area contributed by atoms with Crippen molar-refractivity contribution in [3.05, 3.63) is 41.6 Å². The molecule has 1 N–H and O–H groups in total. The number of aromatic nitrogens is 1. The van der Waals surface area contributed by atoms with Gasteiger partial charge in [0.25, 0.3) is 0 Å². The number of halogens is 1. The minimum atomic E-state index is 0.0673. The zero-order valence-electron chi connectivity index (χ0n) is 8.64. The number of rotatable bonds is 2. The molecule has 0 saturated heterocycles. The van der Waals surface area contributed by atoms with E-state index in [2.05, 4.69) is 4.98 Å². The number of benzene rings is 1. The molecule has 2 rings (SSSR count). The Bertz CT molecular complexity index is 497. The zero-order chi connectivity index (χ0) is 11.5. The van der Waals surface area contributed by atoms with Gasteiger partial charge in [0.05, 0.1) is 12.1 Å². The SMILES string of the molecule is COc1ccc(-c2ncc(Cl)cc2O)cc1. The Morgan fingerprint density at radius 2 is 1.94 bits per heavy atom. The lowest BCUT2D eigenvalue weighted by Gasteiger charge is -2.05. The minimum absolute atomic E-state index is 0.0673. The molecule has 0 radical (unpaired) electrons. The molecule has 0 aliphatic carbocycles. The maximum absolute atomic E-state index is 9.69. The van der Waals surface area contributed by atoms with Crippen LogP contribution >= 0.6 is 11.6 Å². The van der Waals surface area contributed by atoms with E-state index in [1.54, 1.807) is 7.11 Å². The van der Waals surface area contributed by atoms with Crippen molar-refractivity contribution in [2.45, 2.75) is 0 Å². The van der Waals surface area contributed by atoms with Gasteiger partial charge in [-0.25, -0.2) is 0 Å². The van der Waals surface area contributed by atoms with Crippen LogP contribution in [0.1, 0.15) is 0 Å². The first-order chi connectivity index (χ1) is 7.70. The summed E-state index contributed by atoms with van der Waals surface area (Å²) in [5, 5.41) is 10.1. The molecule has 2 aromatic rings. The van der Waals surface area contributed by atoms with Gasteiger partial charge in [0.2, 0.25) is 0 Å². The maximum Gasteiger partial charge on any atom is 0.143 e. The summed E-state index contributed by atoms with van der Waals surface area (Å²) in [5.41, 5.74) is 1.32. The van der Waals surface area contributed by atoms with Crippen molar-refractivity contribution < 1.29 is 9.84 Å². The third-order valence-corrected chi connectivity index (χ3v) is 2.40. The van der Waals surface area contributed by atoms with Crippen LogP contribution in [0.15, 0.2) is 36.5 Å². The fourth-order valence-electron chi connectivity index (χ4n) is 1.40. The number of ether oxygens (including phenoxy) is 1. The van der Waals surface area contributed by atoms with E-state index < -0.39 is 0 Å². The highest BCUT2D eigenvalue weighted by Gasteiger charge is 2.06. The van der Waals surface area contributed by atoms with E-state index in [4.69, 9.17) is 16.3 Å². The van der Waals surface area contributed by atoms with Crippen LogP contribution in [0.5, 0.6) is 11.5 Å². The Balaban J connectivity index is 2.42. The molecule has 82 valence electrons. The standard InChI is InChI=1S/C12H10ClNO2/c1-16-10-4-2-8(3-5-10)12-11(15)6-9(13)7-14-12/h2-7,15H,1H3. The van der Waals surface area contributed by atoms with Crippen molar-refractivity contribution in [2.24, 2.45) is 0 Å². The van der Waals surface area contributed by atoms with E-state index in [0.717, 1.165) is 11.3 Å². The molecule has 0 unspecified atom stereocenters. The topological polar surface area (TPSA) is 42.4 Å². The molecule has 4 heteroatoms. The fourth-order valence-corrected chi connectivity index (χ4v) is 1.55. The van der Waals surface area contributed by atoms with Gasteiger partial charge in [-0.3, -0.25) is 4.98 Å². The maximum atomic E-state index is 9.69. The quantitative estimate of drug-likeness (QED) is 0.870. The summed E-state index contributed by atoms with van der Waals surface area (Å²) in [4.78, 5) is 4.08. The molecule has 1 aromatic heterocycles. The largest absolute Gasteiger partial charge is 0.506 e. The van der Waals surface area contributed by atoms with Gasteiger partial charge in [0.1, 0.15) is 17.2 Å². The lowest BCUT2D eigenvalue weighted by molar-refractivity contribution is 0.415. The van der Waals surface area contributed by atoms with Crippen molar-refractivity contribution in [2.75, 3.05) is 7.11 Å². The number of hydrogen-bond donors (Lipinski definition) is 1. The third kappa shape index (κ3) is 2.09. The molecule has 3 nitrogen and oxygen atoms in total. The Morgan fingerprint density at radius 3 is 2.50 bits per heavy atom. The van der Waals surface area contributed by atoms with Crippen molar-refractivity contribution in [1.82, 2.24) is 4.98 Å². The Labute approximate surface area is 98.3 Å². The van der Waals surface area contributed by atoms with Gasteiger partial charge in [0.15, 0.2) is 0 Å². The van der Waals surface area contributed by atoms with Crippen molar-refractivity contribution in [3.63, 3.8) is 0 Å². The number of methoxy groups -OCH3 is 1. The van der Waals surface area contributed by atoms with E-state index >= 15 is 0 Å². The van der Waals surface area contributed by atoms with E-state index in [-0.39, 0.29) is 5.75 Å². The van der Waals surface area contributed by atoms with Crippen LogP contribution in [0.25, 0.3) is 11.3 Å². The van der Waals surface area contributed by atoms with Crippen LogP contribution < -0.4 is 4.74 Å². The molecule has 1 aromatic carbocycles. The summed E-state index contributed by atoms with van der Waals surface area (Å²) in [6.45, 7) is 0. The third-order valence-electron chi connectivity index (χ3n) is 2.20. The number of nitrogens with zero attached hydrogens (tertiary/aromatic N) is 1. The van der Waals surface area contributed by atoms with Crippen LogP contribution in [-0.2, 0) is 0 Å². The second-order valence-corrected chi connectivity index (χ2v) is 3.69. The highest BCUT2D eigenvalue weighted by Crippen LogP contribution is 2.29. The predicted molar refractivity (Wildman–Crippen MR) is 62.9 cm³/mol. The first kappa shape index (κ1) is 10.8. The first-order valence-electron chi connectivity index (χ1n) is 4.69. The summed E-state index contributed by atoms with van der Waals surface area (Å²) in [6.07, 6.45) is 1.50. The van der Waals surface area contributed by atoms with E-state index in [1.165, 1.54) is 12.3 Å². The number of hydrogen-bond acceptors (Lipinski definition) is 3. The lowest BCUT2D eigenvalue weighted by Crippen LogP contribution is -1.86. The molecule has 0 aliphatic heterocycles. The van der Waals surface area contributed by atoms with Gasteiger partial charge in [-0.2, -0.15) is 0 Å². The first-order valence-corrected chi connectivity index (χ1v) is 5.07. The molecule has 0 aliphatic rings. The van der Waals surface area contributed by atoms with Crippen molar-refractivity contribution >= 4 is 11.6 Å². The van der Waals surface area contributed by atoms with E-state index in [0.29, 0.717) is 10.7 Å². The molecular weight excluding hydrogens is 226 g/mol. The fraction of sp³-hybridized carbons (Fsp3) is 0.0833. The summed E-state index contributed by atoms with van der Waals surface area (Å²) < 4.78 is 5.05. The van der Waals surface area contributed by atoms with Crippen LogP contribution in [0, 0.1) is 0 Å². The lowest BCUT2D eigenvalue weighted by atomic mass is 10.1. The molecule has 0 bridgehead atoms. The monoisotopic (exact) mass is 235 g/mol. The predicted octanol–water partition coefficient (Wildman–Crippen LogP) is 3.12. The van der Waals surface area contributed by atoms with Gasteiger partial charge in [-0.1, -0.05) is 11.6 Å². The van der Waals surface area contributed by atoms with E-state index in [9.17, 15) is 5.11 Å². The summed E-state index contributed by atoms with van der Waals surface area (Å²) >= 11 is 5.71. The Hall–Kier alpha value is -1.74. The molecule has 0 fully saturated rings. The van der Waals surface area contributed by atoms with Crippen molar-refractivity contribution in [1.29, 1.82) is 0 Å².